The minimum absolute atomic E-state index is 0.155. The van der Waals surface area contributed by atoms with Gasteiger partial charge in [0.15, 0.2) is 0 Å². The maximum absolute atomic E-state index is 11.6. The van der Waals surface area contributed by atoms with E-state index in [1.807, 2.05) is 26.0 Å². The molecule has 1 amide bonds. The average molecular weight is 281 g/mol. The number of aryl methyl sites for hydroxylation is 1. The van der Waals surface area contributed by atoms with Gasteiger partial charge in [0.05, 0.1) is 19.3 Å². The number of nitrogens with one attached hydrogen (secondary N) is 1. The predicted octanol–water partition coefficient (Wildman–Crippen LogP) is 3.50. The molecule has 0 atom stereocenters. The van der Waals surface area contributed by atoms with Crippen molar-refractivity contribution in [1.29, 1.82) is 0 Å². The number of hydrogen-bond acceptors (Lipinski definition) is 4. The van der Waals surface area contributed by atoms with Crippen molar-refractivity contribution < 1.29 is 19.0 Å². The fraction of sp³-hybridized carbons (Fsp3) is 0.533. The maximum Gasteiger partial charge on any atom is 0.411 e. The SMILES string of the molecule is CCOc1c(C)cc(NC(=O)OC(C)C)cc1COC. The van der Waals surface area contributed by atoms with Crippen LogP contribution in [0.1, 0.15) is 31.9 Å². The van der Waals surface area contributed by atoms with E-state index in [4.69, 9.17) is 14.2 Å². The molecular weight excluding hydrogens is 258 g/mol. The molecule has 0 saturated carbocycles. The molecule has 0 saturated heterocycles. The number of carbonyl (C=O) groups excluding carboxylic acids is 1. The van der Waals surface area contributed by atoms with Gasteiger partial charge in [-0.2, -0.15) is 0 Å². The Morgan fingerprint density at radius 3 is 2.60 bits per heavy atom. The number of anilines is 1. The van der Waals surface area contributed by atoms with Gasteiger partial charge in [-0.1, -0.05) is 0 Å². The standard InChI is InChI=1S/C15H23NO4/c1-6-19-14-11(4)7-13(8-12(14)9-18-5)16-15(17)20-10(2)3/h7-8,10H,6,9H2,1-5H3,(H,16,17). The van der Waals surface area contributed by atoms with Crippen molar-refractivity contribution >= 4 is 11.8 Å². The Balaban J connectivity index is 2.95. The second-order valence-electron chi connectivity index (χ2n) is 4.73. The third kappa shape index (κ3) is 4.74. The zero-order valence-corrected chi connectivity index (χ0v) is 12.8. The van der Waals surface area contributed by atoms with Gasteiger partial charge in [0.2, 0.25) is 0 Å². The molecule has 1 rings (SSSR count). The molecule has 5 nitrogen and oxygen atoms in total. The van der Waals surface area contributed by atoms with Crippen molar-refractivity contribution in [2.24, 2.45) is 0 Å². The third-order valence-corrected chi connectivity index (χ3v) is 2.53. The Morgan fingerprint density at radius 2 is 2.05 bits per heavy atom. The summed E-state index contributed by atoms with van der Waals surface area (Å²) in [5.41, 5.74) is 2.51. The monoisotopic (exact) mass is 281 g/mol. The van der Waals surface area contributed by atoms with E-state index in [1.54, 1.807) is 21.0 Å². The smallest absolute Gasteiger partial charge is 0.411 e. The first-order valence-electron chi connectivity index (χ1n) is 6.70. The molecule has 0 bridgehead atoms. The first kappa shape index (κ1) is 16.3. The minimum Gasteiger partial charge on any atom is -0.493 e. The van der Waals surface area contributed by atoms with Gasteiger partial charge >= 0.3 is 6.09 Å². The molecule has 20 heavy (non-hydrogen) atoms. The number of ether oxygens (including phenoxy) is 3. The van der Waals surface area contributed by atoms with E-state index in [0.29, 0.717) is 18.9 Å². The number of amides is 1. The minimum atomic E-state index is -0.466. The Labute approximate surface area is 120 Å². The van der Waals surface area contributed by atoms with Gasteiger partial charge in [-0.3, -0.25) is 5.32 Å². The predicted molar refractivity (Wildman–Crippen MR) is 78.3 cm³/mol. The summed E-state index contributed by atoms with van der Waals surface area (Å²) >= 11 is 0. The number of hydrogen-bond donors (Lipinski definition) is 1. The van der Waals surface area contributed by atoms with Crippen LogP contribution < -0.4 is 10.1 Å². The Morgan fingerprint density at radius 1 is 1.35 bits per heavy atom. The quantitative estimate of drug-likeness (QED) is 0.867. The maximum atomic E-state index is 11.6. The van der Waals surface area contributed by atoms with Gasteiger partial charge in [-0.15, -0.1) is 0 Å². The summed E-state index contributed by atoms with van der Waals surface area (Å²) < 4.78 is 15.9. The van der Waals surface area contributed by atoms with Crippen LogP contribution >= 0.6 is 0 Å². The molecule has 1 aromatic carbocycles. The zero-order valence-electron chi connectivity index (χ0n) is 12.8. The van der Waals surface area contributed by atoms with Crippen LogP contribution in [0.3, 0.4) is 0 Å². The highest BCUT2D eigenvalue weighted by Crippen LogP contribution is 2.28. The molecule has 0 aliphatic rings. The molecule has 5 heteroatoms. The molecule has 0 aliphatic carbocycles. The van der Waals surface area contributed by atoms with Gasteiger partial charge in [0.25, 0.3) is 0 Å². The van der Waals surface area contributed by atoms with Crippen molar-refractivity contribution in [3.63, 3.8) is 0 Å². The molecule has 0 heterocycles. The van der Waals surface area contributed by atoms with Crippen LogP contribution in [-0.4, -0.2) is 25.9 Å². The van der Waals surface area contributed by atoms with Crippen molar-refractivity contribution in [3.05, 3.63) is 23.3 Å². The summed E-state index contributed by atoms with van der Waals surface area (Å²) in [4.78, 5) is 11.6. The van der Waals surface area contributed by atoms with E-state index in [9.17, 15) is 4.79 Å². The van der Waals surface area contributed by atoms with Crippen LogP contribution in [0.5, 0.6) is 5.75 Å². The first-order valence-corrected chi connectivity index (χ1v) is 6.70. The Kier molecular flexibility index (Phi) is 6.31. The van der Waals surface area contributed by atoms with Crippen molar-refractivity contribution in [3.8, 4) is 5.75 Å². The van der Waals surface area contributed by atoms with Crippen LogP contribution in [0.4, 0.5) is 10.5 Å². The third-order valence-electron chi connectivity index (χ3n) is 2.53. The Hall–Kier alpha value is -1.75. The average Bonchev–Trinajstić information content (AvgIpc) is 2.32. The first-order chi connectivity index (χ1) is 9.47. The van der Waals surface area contributed by atoms with Gasteiger partial charge in [-0.05, 0) is 45.4 Å². The number of carbonyl (C=O) groups is 1. The summed E-state index contributed by atoms with van der Waals surface area (Å²) in [5, 5.41) is 2.71. The molecule has 0 radical (unpaired) electrons. The lowest BCUT2D eigenvalue weighted by atomic mass is 10.1. The van der Waals surface area contributed by atoms with Gasteiger partial charge < -0.3 is 14.2 Å². The normalized spacial score (nSPS) is 10.5. The largest absolute Gasteiger partial charge is 0.493 e. The van der Waals surface area contributed by atoms with Crippen LogP contribution in [0, 0.1) is 6.92 Å². The van der Waals surface area contributed by atoms with Gasteiger partial charge in [0.1, 0.15) is 5.75 Å². The summed E-state index contributed by atoms with van der Waals surface area (Å²) in [6, 6.07) is 3.69. The van der Waals surface area contributed by atoms with Gasteiger partial charge in [-0.25, -0.2) is 4.79 Å². The van der Waals surface area contributed by atoms with E-state index < -0.39 is 6.09 Å². The van der Waals surface area contributed by atoms with Crippen molar-refractivity contribution in [1.82, 2.24) is 0 Å². The van der Waals surface area contributed by atoms with Crippen molar-refractivity contribution in [2.75, 3.05) is 19.0 Å². The lowest BCUT2D eigenvalue weighted by Crippen LogP contribution is -2.18. The molecule has 112 valence electrons. The topological polar surface area (TPSA) is 56.8 Å². The highest BCUT2D eigenvalue weighted by molar-refractivity contribution is 5.85. The second kappa shape index (κ2) is 7.75. The van der Waals surface area contributed by atoms with E-state index >= 15 is 0 Å². The Bertz CT molecular complexity index is 457. The summed E-state index contributed by atoms with van der Waals surface area (Å²) in [6.45, 7) is 8.48. The van der Waals surface area contributed by atoms with E-state index in [2.05, 4.69) is 5.32 Å². The van der Waals surface area contributed by atoms with E-state index in [1.165, 1.54) is 0 Å². The lowest BCUT2D eigenvalue weighted by molar-refractivity contribution is 0.130. The molecule has 0 spiro atoms. The summed E-state index contributed by atoms with van der Waals surface area (Å²) in [5.74, 6) is 0.803. The molecular formula is C15H23NO4. The molecule has 0 aliphatic heterocycles. The number of rotatable bonds is 6. The molecule has 0 unspecified atom stereocenters. The highest BCUT2D eigenvalue weighted by Gasteiger charge is 2.12. The summed E-state index contributed by atoms with van der Waals surface area (Å²) in [6.07, 6.45) is -0.621. The molecule has 0 aromatic heterocycles. The molecule has 1 N–H and O–H groups in total. The van der Waals surface area contributed by atoms with E-state index in [0.717, 1.165) is 16.9 Å². The van der Waals surface area contributed by atoms with Crippen LogP contribution in [0.15, 0.2) is 12.1 Å². The van der Waals surface area contributed by atoms with Crippen LogP contribution in [0.2, 0.25) is 0 Å². The molecule has 1 aromatic rings. The molecule has 0 fully saturated rings. The lowest BCUT2D eigenvalue weighted by Gasteiger charge is -2.16. The van der Waals surface area contributed by atoms with Crippen molar-refractivity contribution in [2.45, 2.75) is 40.4 Å². The number of methoxy groups -OCH3 is 1. The van der Waals surface area contributed by atoms with E-state index in [-0.39, 0.29) is 6.10 Å². The second-order valence-corrected chi connectivity index (χ2v) is 4.73. The highest BCUT2D eigenvalue weighted by atomic mass is 16.6. The van der Waals surface area contributed by atoms with Gasteiger partial charge in [0, 0.05) is 18.4 Å². The summed E-state index contributed by atoms with van der Waals surface area (Å²) in [7, 11) is 1.62. The fourth-order valence-corrected chi connectivity index (χ4v) is 1.89. The van der Waals surface area contributed by atoms with Crippen LogP contribution in [0.25, 0.3) is 0 Å². The zero-order chi connectivity index (χ0) is 15.1. The number of benzene rings is 1. The van der Waals surface area contributed by atoms with Crippen LogP contribution in [-0.2, 0) is 16.1 Å². The fourth-order valence-electron chi connectivity index (χ4n) is 1.89.